The van der Waals surface area contributed by atoms with E-state index >= 15 is 0 Å². The van der Waals surface area contributed by atoms with Crippen molar-refractivity contribution in [2.24, 2.45) is 11.0 Å². The zero-order valence-electron chi connectivity index (χ0n) is 13.7. The monoisotopic (exact) mass is 380 g/mol. The topological polar surface area (TPSA) is 74.7 Å². The summed E-state index contributed by atoms with van der Waals surface area (Å²) in [6, 6.07) is 3.78. The molecule has 2 N–H and O–H groups in total. The summed E-state index contributed by atoms with van der Waals surface area (Å²) in [6.45, 7) is 6.67. The average molecular weight is 381 g/mol. The van der Waals surface area contributed by atoms with Gasteiger partial charge in [0.1, 0.15) is 0 Å². The molecule has 0 aliphatic heterocycles. The summed E-state index contributed by atoms with van der Waals surface area (Å²) in [5.74, 6) is 2.12. The number of aromatic nitrogens is 2. The second kappa shape index (κ2) is 7.50. The summed E-state index contributed by atoms with van der Waals surface area (Å²) in [7, 11) is 1.61. The Morgan fingerprint density at radius 2 is 2.17 bits per heavy atom. The van der Waals surface area contributed by atoms with Crippen LogP contribution in [0.4, 0.5) is 5.95 Å². The second-order valence-electron chi connectivity index (χ2n) is 5.57. The van der Waals surface area contributed by atoms with Crippen LogP contribution in [0.15, 0.2) is 27.9 Å². The smallest absolute Gasteiger partial charge is 0.221 e. The van der Waals surface area contributed by atoms with E-state index in [1.807, 2.05) is 19.1 Å². The summed E-state index contributed by atoms with van der Waals surface area (Å²) in [4.78, 5) is 4.10. The van der Waals surface area contributed by atoms with Crippen molar-refractivity contribution in [1.82, 2.24) is 9.66 Å². The van der Waals surface area contributed by atoms with E-state index in [0.29, 0.717) is 30.0 Å². The third-order valence-corrected chi connectivity index (χ3v) is 3.57. The lowest BCUT2D eigenvalue weighted by atomic mass is 10.2. The van der Waals surface area contributed by atoms with E-state index in [0.717, 1.165) is 15.7 Å². The van der Waals surface area contributed by atoms with Crippen LogP contribution in [-0.2, 0) is 0 Å². The van der Waals surface area contributed by atoms with Gasteiger partial charge in [-0.3, -0.25) is 0 Å². The Bertz CT molecular complexity index is 710. The lowest BCUT2D eigenvalue weighted by molar-refractivity contribution is 0.255. The molecule has 2 rings (SSSR count). The molecule has 1 heterocycles. The van der Waals surface area contributed by atoms with E-state index in [1.165, 1.54) is 4.68 Å². The fourth-order valence-corrected chi connectivity index (χ4v) is 2.50. The third kappa shape index (κ3) is 4.48. The van der Waals surface area contributed by atoms with Crippen LogP contribution >= 0.6 is 15.9 Å². The van der Waals surface area contributed by atoms with Gasteiger partial charge in [0.2, 0.25) is 5.95 Å². The van der Waals surface area contributed by atoms with Gasteiger partial charge in [0, 0.05) is 0 Å². The molecule has 1 aromatic carbocycles. The number of nitrogen functional groups attached to an aromatic ring is 1. The van der Waals surface area contributed by atoms with E-state index in [-0.39, 0.29) is 0 Å². The fourth-order valence-electron chi connectivity index (χ4n) is 1.93. The first kappa shape index (κ1) is 17.3. The number of benzene rings is 1. The molecule has 0 saturated carbocycles. The van der Waals surface area contributed by atoms with Crippen LogP contribution < -0.4 is 15.2 Å². The van der Waals surface area contributed by atoms with Crippen molar-refractivity contribution < 1.29 is 9.47 Å². The van der Waals surface area contributed by atoms with Gasteiger partial charge < -0.3 is 15.2 Å². The molecule has 0 aliphatic carbocycles. The third-order valence-electron chi connectivity index (χ3n) is 2.98. The summed E-state index contributed by atoms with van der Waals surface area (Å²) in [6.07, 6.45) is 3.45. The molecule has 7 heteroatoms. The molecule has 0 fully saturated rings. The summed E-state index contributed by atoms with van der Waals surface area (Å²) in [5.41, 5.74) is 7.44. The predicted molar refractivity (Wildman–Crippen MR) is 95.4 cm³/mol. The van der Waals surface area contributed by atoms with Gasteiger partial charge in [0.25, 0.3) is 0 Å². The summed E-state index contributed by atoms with van der Waals surface area (Å²) in [5, 5.41) is 4.30. The van der Waals surface area contributed by atoms with Crippen molar-refractivity contribution in [1.29, 1.82) is 0 Å². The Morgan fingerprint density at radius 1 is 1.43 bits per heavy atom. The van der Waals surface area contributed by atoms with Crippen LogP contribution in [0.1, 0.15) is 25.1 Å². The van der Waals surface area contributed by atoms with Gasteiger partial charge in [-0.25, -0.2) is 9.66 Å². The Kier molecular flexibility index (Phi) is 5.65. The van der Waals surface area contributed by atoms with Gasteiger partial charge in [-0.1, -0.05) is 13.8 Å². The largest absolute Gasteiger partial charge is 0.493 e. The lowest BCUT2D eigenvalue weighted by Crippen LogP contribution is -2.06. The fraction of sp³-hybridized carbons (Fsp3) is 0.375. The zero-order chi connectivity index (χ0) is 17.0. The number of ether oxygens (including phenoxy) is 2. The number of anilines is 1. The van der Waals surface area contributed by atoms with Gasteiger partial charge in [-0.05, 0) is 46.5 Å². The molecule has 0 amide bonds. The highest BCUT2D eigenvalue weighted by atomic mass is 79.9. The first-order valence-electron chi connectivity index (χ1n) is 7.27. The minimum absolute atomic E-state index is 0.349. The first-order chi connectivity index (χ1) is 10.9. The van der Waals surface area contributed by atoms with Gasteiger partial charge in [0.05, 0.1) is 36.3 Å². The van der Waals surface area contributed by atoms with Gasteiger partial charge in [-0.2, -0.15) is 5.10 Å². The van der Waals surface area contributed by atoms with E-state index in [4.69, 9.17) is 15.2 Å². The number of hydrogen-bond donors (Lipinski definition) is 1. The highest BCUT2D eigenvalue weighted by Crippen LogP contribution is 2.36. The molecular weight excluding hydrogens is 360 g/mol. The van der Waals surface area contributed by atoms with Crippen molar-refractivity contribution in [3.05, 3.63) is 34.1 Å². The number of hydrogen-bond acceptors (Lipinski definition) is 5. The van der Waals surface area contributed by atoms with E-state index in [1.54, 1.807) is 19.5 Å². The number of nitrogens with zero attached hydrogens (tertiary/aromatic N) is 3. The maximum atomic E-state index is 5.81. The van der Waals surface area contributed by atoms with Crippen molar-refractivity contribution in [3.8, 4) is 11.5 Å². The Balaban J connectivity index is 2.27. The number of halogens is 1. The number of imidazole rings is 1. The molecule has 0 saturated heterocycles. The molecule has 0 bridgehead atoms. The second-order valence-corrected chi connectivity index (χ2v) is 6.42. The molecular formula is C16H21BrN4O2. The lowest BCUT2D eigenvalue weighted by Gasteiger charge is -2.14. The molecule has 1 aromatic heterocycles. The molecule has 0 unspecified atom stereocenters. The predicted octanol–water partition coefficient (Wildman–Crippen LogP) is 3.46. The van der Waals surface area contributed by atoms with Crippen molar-refractivity contribution in [2.45, 2.75) is 20.8 Å². The first-order valence-corrected chi connectivity index (χ1v) is 8.06. The van der Waals surface area contributed by atoms with Crippen LogP contribution in [0, 0.1) is 12.8 Å². The van der Waals surface area contributed by atoms with Gasteiger partial charge in [0.15, 0.2) is 11.5 Å². The maximum absolute atomic E-state index is 5.81. The Labute approximate surface area is 144 Å². The maximum Gasteiger partial charge on any atom is 0.221 e. The minimum atomic E-state index is 0.349. The minimum Gasteiger partial charge on any atom is -0.493 e. The van der Waals surface area contributed by atoms with Gasteiger partial charge >= 0.3 is 0 Å². The van der Waals surface area contributed by atoms with E-state index in [2.05, 4.69) is 39.9 Å². The SMILES string of the molecule is COc1cc(C=Nn2cc(C)nc2N)cc(Br)c1OCC(C)C. The molecule has 23 heavy (non-hydrogen) atoms. The van der Waals surface area contributed by atoms with E-state index in [9.17, 15) is 0 Å². The Morgan fingerprint density at radius 3 is 2.74 bits per heavy atom. The highest BCUT2D eigenvalue weighted by Gasteiger charge is 2.12. The standard InChI is InChI=1S/C16H21BrN4O2/c1-10(2)9-23-15-13(17)5-12(6-14(15)22-4)7-19-21-8-11(3)20-16(21)18/h5-8,10H,9H2,1-4H3,(H2,18,20). The number of nitrogens with two attached hydrogens (primary N) is 1. The van der Waals surface area contributed by atoms with Crippen LogP contribution in [0.2, 0.25) is 0 Å². The van der Waals surface area contributed by atoms with Crippen LogP contribution in [0.25, 0.3) is 0 Å². The highest BCUT2D eigenvalue weighted by molar-refractivity contribution is 9.10. The van der Waals surface area contributed by atoms with Crippen LogP contribution in [-0.4, -0.2) is 29.6 Å². The normalized spacial score (nSPS) is 11.4. The molecule has 0 spiro atoms. The Hall–Kier alpha value is -2.02. The number of methoxy groups -OCH3 is 1. The van der Waals surface area contributed by atoms with Crippen molar-refractivity contribution in [3.63, 3.8) is 0 Å². The summed E-state index contributed by atoms with van der Waals surface area (Å²) < 4.78 is 13.6. The van der Waals surface area contributed by atoms with E-state index < -0.39 is 0 Å². The molecule has 6 nitrogen and oxygen atoms in total. The average Bonchev–Trinajstić information content (AvgIpc) is 2.81. The number of rotatable bonds is 6. The van der Waals surface area contributed by atoms with Crippen molar-refractivity contribution >= 4 is 28.1 Å². The zero-order valence-corrected chi connectivity index (χ0v) is 15.3. The molecule has 0 aliphatic rings. The molecule has 0 radical (unpaired) electrons. The molecule has 124 valence electrons. The van der Waals surface area contributed by atoms with Gasteiger partial charge in [-0.15, -0.1) is 0 Å². The molecule has 0 atom stereocenters. The quantitative estimate of drug-likeness (QED) is 0.778. The van der Waals surface area contributed by atoms with Crippen molar-refractivity contribution in [2.75, 3.05) is 19.5 Å². The molecule has 2 aromatic rings. The number of aryl methyl sites for hydroxylation is 1. The summed E-state index contributed by atoms with van der Waals surface area (Å²) >= 11 is 3.52. The van der Waals surface area contributed by atoms with Crippen LogP contribution in [0.5, 0.6) is 11.5 Å². The van der Waals surface area contributed by atoms with Crippen LogP contribution in [0.3, 0.4) is 0 Å².